The number of pyridine rings is 1. The molecule has 3 aliphatic rings. The van der Waals surface area contributed by atoms with E-state index in [1.165, 1.54) is 31.2 Å². The lowest BCUT2D eigenvalue weighted by atomic mass is 9.74. The molecule has 4 atom stereocenters. The molecule has 140 valence electrons. The summed E-state index contributed by atoms with van der Waals surface area (Å²) >= 11 is 0. The summed E-state index contributed by atoms with van der Waals surface area (Å²) < 4.78 is 0. The highest BCUT2D eigenvalue weighted by Gasteiger charge is 2.45. The van der Waals surface area contributed by atoms with Crippen LogP contribution in [0.5, 0.6) is 0 Å². The number of hydrogen-bond acceptors (Lipinski definition) is 3. The van der Waals surface area contributed by atoms with Crippen LogP contribution in [0.1, 0.15) is 47.8 Å². The lowest BCUT2D eigenvalue weighted by Gasteiger charge is -2.55. The van der Waals surface area contributed by atoms with Gasteiger partial charge in [0.1, 0.15) is 5.69 Å². The summed E-state index contributed by atoms with van der Waals surface area (Å²) in [6, 6.07) is 17.8. The van der Waals surface area contributed by atoms with E-state index < -0.39 is 0 Å². The molecule has 2 bridgehead atoms. The summed E-state index contributed by atoms with van der Waals surface area (Å²) in [5.41, 5.74) is 2.05. The number of carbonyl (C=O) groups is 1. The summed E-state index contributed by atoms with van der Waals surface area (Å²) in [5.74, 6) is 1.28. The Balaban J connectivity index is 1.36. The predicted octanol–water partition coefficient (Wildman–Crippen LogP) is 3.77. The molecular weight excluding hydrogens is 334 g/mol. The van der Waals surface area contributed by atoms with Crippen LogP contribution in [0.15, 0.2) is 54.7 Å². The van der Waals surface area contributed by atoms with Crippen molar-refractivity contribution >= 4 is 5.91 Å². The minimum Gasteiger partial charge on any atom is -0.337 e. The lowest BCUT2D eigenvalue weighted by molar-refractivity contribution is -0.0512. The number of rotatable bonds is 2. The van der Waals surface area contributed by atoms with Crippen LogP contribution < -0.4 is 0 Å². The summed E-state index contributed by atoms with van der Waals surface area (Å²) in [4.78, 5) is 22.1. The highest BCUT2D eigenvalue weighted by atomic mass is 16.2. The number of fused-ring (bicyclic) bond motifs is 4. The van der Waals surface area contributed by atoms with Gasteiger partial charge in [0, 0.05) is 37.9 Å². The van der Waals surface area contributed by atoms with E-state index in [2.05, 4.69) is 45.1 Å². The van der Waals surface area contributed by atoms with Crippen LogP contribution in [0, 0.1) is 11.8 Å². The van der Waals surface area contributed by atoms with E-state index in [0.717, 1.165) is 19.6 Å². The predicted molar refractivity (Wildman–Crippen MR) is 105 cm³/mol. The number of amides is 1. The first-order valence-electron chi connectivity index (χ1n) is 10.3. The topological polar surface area (TPSA) is 36.4 Å². The van der Waals surface area contributed by atoms with Gasteiger partial charge in [0.05, 0.1) is 0 Å². The molecule has 3 fully saturated rings. The van der Waals surface area contributed by atoms with Gasteiger partial charge >= 0.3 is 0 Å². The molecule has 5 rings (SSSR count). The summed E-state index contributed by atoms with van der Waals surface area (Å²) in [6.07, 6.45) is 6.80. The molecule has 4 heterocycles. The molecule has 1 aromatic carbocycles. The van der Waals surface area contributed by atoms with Gasteiger partial charge in [-0.25, -0.2) is 0 Å². The van der Waals surface area contributed by atoms with Gasteiger partial charge in [-0.3, -0.25) is 14.7 Å². The molecule has 3 saturated heterocycles. The van der Waals surface area contributed by atoms with Crippen molar-refractivity contribution in [3.63, 3.8) is 0 Å². The second-order valence-corrected chi connectivity index (χ2v) is 8.41. The Morgan fingerprint density at radius 3 is 2.63 bits per heavy atom. The van der Waals surface area contributed by atoms with Gasteiger partial charge < -0.3 is 4.90 Å². The molecule has 2 aromatic rings. The molecular formula is C23H27N3O. The van der Waals surface area contributed by atoms with Gasteiger partial charge in [0.15, 0.2) is 0 Å². The average Bonchev–Trinajstić information content (AvgIpc) is 2.74. The number of carbonyl (C=O) groups excluding carboxylic acids is 1. The number of likely N-dealkylation sites (tertiary alicyclic amines) is 1. The second-order valence-electron chi connectivity index (χ2n) is 8.41. The minimum atomic E-state index is 0.106. The van der Waals surface area contributed by atoms with Crippen LogP contribution in [-0.2, 0) is 0 Å². The minimum absolute atomic E-state index is 0.106. The zero-order chi connectivity index (χ0) is 18.2. The van der Waals surface area contributed by atoms with Gasteiger partial charge in [-0.1, -0.05) is 36.4 Å². The number of piperidine rings is 3. The monoisotopic (exact) mass is 361 g/mol. The molecule has 0 N–H and O–H groups in total. The third kappa shape index (κ3) is 3.16. The molecule has 4 nitrogen and oxygen atoms in total. The number of nitrogens with zero attached hydrogens (tertiary/aromatic N) is 3. The molecule has 4 heteroatoms. The smallest absolute Gasteiger partial charge is 0.272 e. The van der Waals surface area contributed by atoms with Crippen molar-refractivity contribution in [1.82, 2.24) is 14.8 Å². The summed E-state index contributed by atoms with van der Waals surface area (Å²) in [5, 5.41) is 0. The normalized spacial score (nSPS) is 30.6. The molecule has 27 heavy (non-hydrogen) atoms. The van der Waals surface area contributed by atoms with Crippen LogP contribution in [0.25, 0.3) is 0 Å². The Morgan fingerprint density at radius 1 is 0.963 bits per heavy atom. The molecule has 0 saturated carbocycles. The SMILES string of the molecule is O=C(c1ccccn1)N1C[C@@H]2C[C@H](C1)[C@@H]1CCC[C@H](c3ccccc3)N1C2. The molecule has 0 unspecified atom stereocenters. The standard InChI is InChI=1S/C23H27N3O/c27-23(20-9-4-5-12-24-20)25-14-17-13-19(16-25)22-11-6-10-21(26(22)15-17)18-7-2-1-3-8-18/h1-5,7-9,12,17,19,21-22H,6,10-11,13-16H2/t17-,19+,21+,22-/m0/s1. The maximum absolute atomic E-state index is 12.9. The Bertz CT molecular complexity index is 794. The quantitative estimate of drug-likeness (QED) is 0.817. The van der Waals surface area contributed by atoms with Crippen molar-refractivity contribution < 1.29 is 4.79 Å². The molecule has 3 aliphatic heterocycles. The Hall–Kier alpha value is -2.20. The van der Waals surface area contributed by atoms with Crippen molar-refractivity contribution in [3.8, 4) is 0 Å². The van der Waals surface area contributed by atoms with Gasteiger partial charge in [-0.05, 0) is 55.2 Å². The number of hydrogen-bond donors (Lipinski definition) is 0. The highest BCUT2D eigenvalue weighted by Crippen LogP contribution is 2.44. The fourth-order valence-corrected chi connectivity index (χ4v) is 5.66. The van der Waals surface area contributed by atoms with Gasteiger partial charge in [-0.2, -0.15) is 0 Å². The van der Waals surface area contributed by atoms with Crippen LogP contribution in [0.4, 0.5) is 0 Å². The Kier molecular flexibility index (Phi) is 4.44. The van der Waals surface area contributed by atoms with E-state index in [9.17, 15) is 4.79 Å². The largest absolute Gasteiger partial charge is 0.337 e. The zero-order valence-electron chi connectivity index (χ0n) is 15.7. The van der Waals surface area contributed by atoms with Crippen molar-refractivity contribution in [2.24, 2.45) is 11.8 Å². The lowest BCUT2D eigenvalue weighted by Crippen LogP contribution is -2.60. The van der Waals surface area contributed by atoms with E-state index in [0.29, 0.717) is 29.6 Å². The number of benzene rings is 1. The maximum Gasteiger partial charge on any atom is 0.272 e. The third-order valence-electron chi connectivity index (χ3n) is 6.74. The van der Waals surface area contributed by atoms with E-state index in [1.807, 2.05) is 18.2 Å². The number of aromatic nitrogens is 1. The van der Waals surface area contributed by atoms with Crippen LogP contribution in [-0.4, -0.2) is 46.4 Å². The van der Waals surface area contributed by atoms with Crippen LogP contribution in [0.2, 0.25) is 0 Å². The first-order valence-corrected chi connectivity index (χ1v) is 10.3. The first-order chi connectivity index (χ1) is 13.3. The third-order valence-corrected chi connectivity index (χ3v) is 6.74. The van der Waals surface area contributed by atoms with Crippen LogP contribution >= 0.6 is 0 Å². The zero-order valence-corrected chi connectivity index (χ0v) is 15.7. The Labute approximate surface area is 161 Å². The van der Waals surface area contributed by atoms with Gasteiger partial charge in [-0.15, -0.1) is 0 Å². The van der Waals surface area contributed by atoms with Gasteiger partial charge in [0.2, 0.25) is 0 Å². The van der Waals surface area contributed by atoms with Crippen LogP contribution in [0.3, 0.4) is 0 Å². The summed E-state index contributed by atoms with van der Waals surface area (Å²) in [7, 11) is 0. The molecule has 0 aliphatic carbocycles. The van der Waals surface area contributed by atoms with Crippen molar-refractivity contribution in [3.05, 3.63) is 66.0 Å². The molecule has 1 aromatic heterocycles. The second kappa shape index (κ2) is 7.08. The molecule has 1 amide bonds. The van der Waals surface area contributed by atoms with Gasteiger partial charge in [0.25, 0.3) is 5.91 Å². The van der Waals surface area contributed by atoms with Crippen molar-refractivity contribution in [2.75, 3.05) is 19.6 Å². The van der Waals surface area contributed by atoms with Crippen molar-refractivity contribution in [2.45, 2.75) is 37.8 Å². The van der Waals surface area contributed by atoms with E-state index >= 15 is 0 Å². The average molecular weight is 361 g/mol. The van der Waals surface area contributed by atoms with E-state index in [1.54, 1.807) is 6.20 Å². The van der Waals surface area contributed by atoms with E-state index in [-0.39, 0.29) is 5.91 Å². The summed E-state index contributed by atoms with van der Waals surface area (Å²) in [6.45, 7) is 2.87. The maximum atomic E-state index is 12.9. The molecule has 0 radical (unpaired) electrons. The molecule has 0 spiro atoms. The fraction of sp³-hybridized carbons (Fsp3) is 0.478. The highest BCUT2D eigenvalue weighted by molar-refractivity contribution is 5.92. The fourth-order valence-electron chi connectivity index (χ4n) is 5.66. The first kappa shape index (κ1) is 16.9. The van der Waals surface area contributed by atoms with Crippen molar-refractivity contribution in [1.29, 1.82) is 0 Å². The van der Waals surface area contributed by atoms with E-state index in [4.69, 9.17) is 0 Å². The Morgan fingerprint density at radius 2 is 1.81 bits per heavy atom.